The first kappa shape index (κ1) is 28.1. The molecular weight excluding hydrogens is 411 g/mol. The zero-order valence-corrected chi connectivity index (χ0v) is 19.8. The maximum atomic E-state index is 13.1. The number of amides is 1. The van der Waals surface area contributed by atoms with Gasteiger partial charge in [0.2, 0.25) is 5.91 Å². The summed E-state index contributed by atoms with van der Waals surface area (Å²) in [5.41, 5.74) is 5.26. The molecule has 0 radical (unpaired) electrons. The van der Waals surface area contributed by atoms with Crippen LogP contribution in [0.25, 0.3) is 0 Å². The second kappa shape index (κ2) is 16.9. The number of methoxy groups -OCH3 is 1. The van der Waals surface area contributed by atoms with E-state index < -0.39 is 0 Å². The van der Waals surface area contributed by atoms with Crippen molar-refractivity contribution in [3.05, 3.63) is 33.8 Å². The Hall–Kier alpha value is -0.850. The zero-order valence-electron chi connectivity index (χ0n) is 18.3. The molecule has 168 valence electrons. The first-order valence-electron chi connectivity index (χ1n) is 10.5. The molecule has 29 heavy (non-hydrogen) atoms. The van der Waals surface area contributed by atoms with Crippen LogP contribution in [0.4, 0.5) is 0 Å². The third-order valence-electron chi connectivity index (χ3n) is 5.00. The van der Waals surface area contributed by atoms with Crippen LogP contribution >= 0.6 is 23.2 Å². The van der Waals surface area contributed by atoms with Crippen LogP contribution in [0, 0.1) is 5.92 Å². The lowest BCUT2D eigenvalue weighted by molar-refractivity contribution is -0.137. The van der Waals surface area contributed by atoms with Crippen molar-refractivity contribution in [3.8, 4) is 0 Å². The van der Waals surface area contributed by atoms with Crippen LogP contribution in [0.2, 0.25) is 10.0 Å². The number of aliphatic hydroxyl groups excluding tert-OH is 1. The number of carbonyl (C=O) groups excluding carboxylic acids is 1. The van der Waals surface area contributed by atoms with E-state index in [0.717, 1.165) is 18.4 Å². The Labute approximate surface area is 186 Å². The Morgan fingerprint density at radius 3 is 2.24 bits per heavy atom. The molecule has 2 rings (SSSR count). The van der Waals surface area contributed by atoms with Crippen LogP contribution < -0.4 is 5.73 Å². The molecule has 3 N–H and O–H groups in total. The normalized spacial score (nSPS) is 14.8. The van der Waals surface area contributed by atoms with Gasteiger partial charge in [-0.1, -0.05) is 62.4 Å². The fourth-order valence-corrected chi connectivity index (χ4v) is 4.03. The van der Waals surface area contributed by atoms with Crippen LogP contribution in [0.3, 0.4) is 0 Å². The Morgan fingerprint density at radius 1 is 1.24 bits per heavy atom. The molecule has 1 saturated carbocycles. The molecule has 7 heteroatoms. The van der Waals surface area contributed by atoms with Crippen molar-refractivity contribution in [2.24, 2.45) is 11.7 Å². The molecule has 0 heterocycles. The van der Waals surface area contributed by atoms with E-state index in [0.29, 0.717) is 35.5 Å². The lowest BCUT2D eigenvalue weighted by Crippen LogP contribution is -2.42. The van der Waals surface area contributed by atoms with Gasteiger partial charge in [-0.25, -0.2) is 0 Å². The van der Waals surface area contributed by atoms with Gasteiger partial charge < -0.3 is 20.5 Å². The lowest BCUT2D eigenvalue weighted by Gasteiger charge is -2.34. The number of carbonyl (C=O) groups is 1. The monoisotopic (exact) mass is 448 g/mol. The second-order valence-corrected chi connectivity index (χ2v) is 7.62. The molecule has 0 aliphatic heterocycles. The minimum atomic E-state index is -0.250. The van der Waals surface area contributed by atoms with Crippen LogP contribution in [-0.4, -0.2) is 49.5 Å². The van der Waals surface area contributed by atoms with Crippen LogP contribution in [0.5, 0.6) is 0 Å². The van der Waals surface area contributed by atoms with Crippen molar-refractivity contribution in [2.75, 3.05) is 27.5 Å². The average molecular weight is 449 g/mol. The number of nitrogens with zero attached hydrogens (tertiary/aromatic N) is 1. The zero-order chi connectivity index (χ0) is 22.2. The van der Waals surface area contributed by atoms with E-state index in [1.165, 1.54) is 19.3 Å². The summed E-state index contributed by atoms with van der Waals surface area (Å²) in [6, 6.07) is 5.84. The number of aliphatic hydroxyl groups is 1. The predicted molar refractivity (Wildman–Crippen MR) is 122 cm³/mol. The van der Waals surface area contributed by atoms with E-state index in [1.807, 2.05) is 44.0 Å². The highest BCUT2D eigenvalue weighted by atomic mass is 35.5. The van der Waals surface area contributed by atoms with E-state index in [2.05, 4.69) is 5.73 Å². The van der Waals surface area contributed by atoms with Gasteiger partial charge in [-0.15, -0.1) is 0 Å². The molecule has 5 nitrogen and oxygen atoms in total. The number of benzene rings is 1. The highest BCUT2D eigenvalue weighted by molar-refractivity contribution is 6.36. The summed E-state index contributed by atoms with van der Waals surface area (Å²) in [4.78, 5) is 15.0. The van der Waals surface area contributed by atoms with Gasteiger partial charge in [0.15, 0.2) is 0 Å². The minimum Gasteiger partial charge on any atom is -0.385 e. The predicted octanol–water partition coefficient (Wildman–Crippen LogP) is 4.90. The van der Waals surface area contributed by atoms with Gasteiger partial charge in [0.05, 0.1) is 6.73 Å². The first-order valence-corrected chi connectivity index (χ1v) is 11.2. The molecule has 0 aromatic heterocycles. The largest absolute Gasteiger partial charge is 0.385 e. The van der Waals surface area contributed by atoms with Gasteiger partial charge in [0.25, 0.3) is 0 Å². The molecule has 0 saturated heterocycles. The number of hydrogen-bond acceptors (Lipinski definition) is 4. The van der Waals surface area contributed by atoms with Crippen molar-refractivity contribution in [3.63, 3.8) is 0 Å². The maximum absolute atomic E-state index is 13.1. The summed E-state index contributed by atoms with van der Waals surface area (Å²) in [6.45, 7) is 4.30. The van der Waals surface area contributed by atoms with Crippen molar-refractivity contribution < 1.29 is 14.6 Å². The standard InChI is InChI=1S/C19H27Cl2NO2.C2H6.CH5NO/c1-22(15-7-4-3-5-8-15)19(23)14(11-12-24-2)13-16-17(20)9-6-10-18(16)21;1-2;2-1-3/h6,9-10,14-15H,3-5,7-8,11-13H2,1-2H3;1-2H3;3H,1-2H2. The maximum Gasteiger partial charge on any atom is 0.226 e. The minimum absolute atomic E-state index is 0.158. The molecule has 1 aromatic carbocycles. The van der Waals surface area contributed by atoms with Gasteiger partial charge in [0.1, 0.15) is 0 Å². The number of nitrogens with two attached hydrogens (primary N) is 1. The van der Waals surface area contributed by atoms with E-state index >= 15 is 0 Å². The second-order valence-electron chi connectivity index (χ2n) is 6.81. The molecule has 1 fully saturated rings. The fraction of sp³-hybridized carbons (Fsp3) is 0.682. The third-order valence-corrected chi connectivity index (χ3v) is 5.71. The van der Waals surface area contributed by atoms with Gasteiger partial charge in [-0.05, 0) is 43.4 Å². The summed E-state index contributed by atoms with van der Waals surface area (Å²) in [5, 5.41) is 8.59. The van der Waals surface area contributed by atoms with Crippen molar-refractivity contribution in [2.45, 2.75) is 64.8 Å². The lowest BCUT2D eigenvalue weighted by atomic mass is 9.91. The van der Waals surface area contributed by atoms with Crippen molar-refractivity contribution >= 4 is 29.1 Å². The third kappa shape index (κ3) is 10.1. The topological polar surface area (TPSA) is 75.8 Å². The summed E-state index contributed by atoms with van der Waals surface area (Å²) < 4.78 is 5.21. The molecule has 1 aliphatic carbocycles. The SMILES string of the molecule is CC.COCCC(Cc1c(Cl)cccc1Cl)C(=O)N(C)C1CCCCC1.NCO. The molecule has 1 aliphatic rings. The van der Waals surface area contributed by atoms with Gasteiger partial charge in [-0.3, -0.25) is 4.79 Å². The molecule has 1 aromatic rings. The average Bonchev–Trinajstić information content (AvgIpc) is 2.74. The number of rotatable bonds is 7. The Kier molecular flexibility index (Phi) is 16.4. The van der Waals surface area contributed by atoms with Gasteiger partial charge >= 0.3 is 0 Å². The smallest absolute Gasteiger partial charge is 0.226 e. The molecule has 0 spiro atoms. The van der Waals surface area contributed by atoms with E-state index in [1.54, 1.807) is 7.11 Å². The Morgan fingerprint density at radius 2 is 1.76 bits per heavy atom. The Balaban J connectivity index is 0.00000143. The van der Waals surface area contributed by atoms with Crippen LogP contribution in [0.15, 0.2) is 18.2 Å². The van der Waals surface area contributed by atoms with Gasteiger partial charge in [0, 0.05) is 42.8 Å². The van der Waals surface area contributed by atoms with E-state index in [4.69, 9.17) is 33.0 Å². The summed E-state index contributed by atoms with van der Waals surface area (Å²) in [7, 11) is 3.60. The van der Waals surface area contributed by atoms with Crippen LogP contribution in [0.1, 0.15) is 57.9 Å². The molecule has 0 bridgehead atoms. The van der Waals surface area contributed by atoms with E-state index in [-0.39, 0.29) is 18.6 Å². The molecule has 1 unspecified atom stereocenters. The van der Waals surface area contributed by atoms with Crippen molar-refractivity contribution in [1.82, 2.24) is 4.90 Å². The molecule has 1 atom stereocenters. The number of hydrogen-bond donors (Lipinski definition) is 2. The number of halogens is 2. The van der Waals surface area contributed by atoms with E-state index in [9.17, 15) is 4.79 Å². The van der Waals surface area contributed by atoms with Gasteiger partial charge in [-0.2, -0.15) is 0 Å². The summed E-state index contributed by atoms with van der Waals surface area (Å²) in [6.07, 6.45) is 7.13. The fourth-order valence-electron chi connectivity index (χ4n) is 3.48. The quantitative estimate of drug-likeness (QED) is 0.581. The first-order chi connectivity index (χ1) is 14.0. The highest BCUT2D eigenvalue weighted by Gasteiger charge is 2.29. The molecule has 1 amide bonds. The Bertz CT molecular complexity index is 547. The highest BCUT2D eigenvalue weighted by Crippen LogP contribution is 2.30. The van der Waals surface area contributed by atoms with Crippen molar-refractivity contribution in [1.29, 1.82) is 0 Å². The summed E-state index contributed by atoms with van der Waals surface area (Å²) >= 11 is 12.6. The van der Waals surface area contributed by atoms with Crippen LogP contribution in [-0.2, 0) is 16.0 Å². The summed E-state index contributed by atoms with van der Waals surface area (Å²) in [5.74, 6) is 0.0178. The molecular formula is C22H38Cl2N2O3. The number of ether oxygens (including phenoxy) is 1.